The quantitative estimate of drug-likeness (QED) is 0.486. The normalized spacial score (nSPS) is 11.7. The summed E-state index contributed by atoms with van der Waals surface area (Å²) in [6, 6.07) is 17.8. The number of fused-ring (bicyclic) bond motifs is 1. The van der Waals surface area contributed by atoms with Crippen LogP contribution in [-0.4, -0.2) is 13.0 Å². The van der Waals surface area contributed by atoms with Gasteiger partial charge in [-0.25, -0.2) is 13.2 Å². The molecule has 0 radical (unpaired) electrons. The van der Waals surface area contributed by atoms with Gasteiger partial charge >= 0.3 is 5.76 Å². The van der Waals surface area contributed by atoms with E-state index in [0.29, 0.717) is 11.2 Å². The number of anilines is 1. The first-order valence-corrected chi connectivity index (χ1v) is 11.5. The summed E-state index contributed by atoms with van der Waals surface area (Å²) < 4.78 is 34.5. The molecule has 8 heteroatoms. The number of hydrogen-bond acceptors (Lipinski definition) is 5. The van der Waals surface area contributed by atoms with Gasteiger partial charge in [-0.2, -0.15) is 0 Å². The topological polar surface area (TPSA) is 81.3 Å². The molecule has 0 fully saturated rings. The number of sulfonamides is 1. The maximum atomic E-state index is 12.7. The lowest BCUT2D eigenvalue weighted by Crippen LogP contribution is -2.12. The van der Waals surface area contributed by atoms with E-state index in [1.54, 1.807) is 37.0 Å². The van der Waals surface area contributed by atoms with Crippen molar-refractivity contribution in [3.63, 3.8) is 0 Å². The SMILES string of the molecule is Cc1ccc(Sc2ccc(NS(=O)(=O)c3ccc4c(c3)oc(=O)n4C)cc2)cc1C. The van der Waals surface area contributed by atoms with Gasteiger partial charge in [-0.1, -0.05) is 17.8 Å². The molecule has 0 unspecified atom stereocenters. The fourth-order valence-corrected chi connectivity index (χ4v) is 4.99. The number of rotatable bonds is 5. The van der Waals surface area contributed by atoms with E-state index in [1.165, 1.54) is 27.8 Å². The maximum Gasteiger partial charge on any atom is 0.419 e. The van der Waals surface area contributed by atoms with E-state index in [0.717, 1.165) is 9.79 Å². The van der Waals surface area contributed by atoms with Crippen LogP contribution in [0.1, 0.15) is 11.1 Å². The number of nitrogens with zero attached hydrogens (tertiary/aromatic N) is 1. The predicted octanol–water partition coefficient (Wildman–Crippen LogP) is 4.70. The standard InChI is InChI=1S/C22H20N2O4S2/c1-14-4-7-18(12-15(14)2)29-17-8-5-16(6-9-17)23-30(26,27)19-10-11-20-21(13-19)28-22(25)24(20)3/h4-13,23H,1-3H3. The van der Waals surface area contributed by atoms with Gasteiger partial charge in [-0.15, -0.1) is 0 Å². The average molecular weight is 441 g/mol. The van der Waals surface area contributed by atoms with Crippen LogP contribution in [0.3, 0.4) is 0 Å². The van der Waals surface area contributed by atoms with E-state index < -0.39 is 15.8 Å². The maximum absolute atomic E-state index is 12.7. The van der Waals surface area contributed by atoms with Gasteiger partial charge in [-0.3, -0.25) is 9.29 Å². The third kappa shape index (κ3) is 4.01. The molecular weight excluding hydrogens is 420 g/mol. The largest absolute Gasteiger partial charge is 0.419 e. The number of benzene rings is 3. The molecule has 0 bridgehead atoms. The fraction of sp³-hybridized carbons (Fsp3) is 0.136. The fourth-order valence-electron chi connectivity index (χ4n) is 3.00. The zero-order chi connectivity index (χ0) is 21.5. The molecule has 4 aromatic rings. The van der Waals surface area contributed by atoms with Crippen LogP contribution in [-0.2, 0) is 17.1 Å². The highest BCUT2D eigenvalue weighted by molar-refractivity contribution is 7.99. The smallest absolute Gasteiger partial charge is 0.408 e. The molecule has 0 saturated heterocycles. The highest BCUT2D eigenvalue weighted by atomic mass is 32.2. The van der Waals surface area contributed by atoms with Crippen LogP contribution in [0.25, 0.3) is 11.1 Å². The summed E-state index contributed by atoms with van der Waals surface area (Å²) in [5.74, 6) is -0.538. The van der Waals surface area contributed by atoms with Crippen LogP contribution >= 0.6 is 11.8 Å². The molecule has 1 heterocycles. The Kier molecular flexibility index (Phi) is 5.21. The van der Waals surface area contributed by atoms with Crippen molar-refractivity contribution < 1.29 is 12.8 Å². The van der Waals surface area contributed by atoms with Gasteiger partial charge in [0.05, 0.1) is 10.4 Å². The van der Waals surface area contributed by atoms with Gasteiger partial charge < -0.3 is 4.42 Å². The van der Waals surface area contributed by atoms with Crippen LogP contribution in [0, 0.1) is 13.8 Å². The summed E-state index contributed by atoms with van der Waals surface area (Å²) in [6.07, 6.45) is 0. The van der Waals surface area contributed by atoms with Gasteiger partial charge in [0.1, 0.15) is 0 Å². The van der Waals surface area contributed by atoms with Crippen LogP contribution < -0.4 is 10.5 Å². The van der Waals surface area contributed by atoms with E-state index in [4.69, 9.17) is 4.42 Å². The zero-order valence-electron chi connectivity index (χ0n) is 16.7. The number of aromatic nitrogens is 1. The molecule has 0 aliphatic heterocycles. The first-order chi connectivity index (χ1) is 14.2. The molecule has 6 nitrogen and oxygen atoms in total. The molecule has 0 spiro atoms. The molecule has 0 aliphatic rings. The van der Waals surface area contributed by atoms with Crippen molar-refractivity contribution in [3.05, 3.63) is 82.3 Å². The van der Waals surface area contributed by atoms with Crippen molar-refractivity contribution in [1.82, 2.24) is 4.57 Å². The highest BCUT2D eigenvalue weighted by Gasteiger charge is 2.17. The van der Waals surface area contributed by atoms with Gasteiger partial charge in [0, 0.05) is 28.6 Å². The molecule has 154 valence electrons. The molecule has 1 aromatic heterocycles. The summed E-state index contributed by atoms with van der Waals surface area (Å²) in [4.78, 5) is 13.8. The molecule has 3 aromatic carbocycles. The highest BCUT2D eigenvalue weighted by Crippen LogP contribution is 2.30. The van der Waals surface area contributed by atoms with Crippen molar-refractivity contribution in [1.29, 1.82) is 0 Å². The van der Waals surface area contributed by atoms with Crippen LogP contribution in [0.15, 0.2) is 84.6 Å². The van der Waals surface area contributed by atoms with Crippen molar-refractivity contribution >= 4 is 38.6 Å². The van der Waals surface area contributed by atoms with E-state index in [2.05, 4.69) is 36.8 Å². The van der Waals surface area contributed by atoms with Crippen molar-refractivity contribution in [2.24, 2.45) is 7.05 Å². The Labute approximate surface area is 178 Å². The lowest BCUT2D eigenvalue weighted by Gasteiger charge is -2.09. The molecular formula is C22H20N2O4S2. The second-order valence-electron chi connectivity index (χ2n) is 7.03. The lowest BCUT2D eigenvalue weighted by molar-refractivity contribution is 0.527. The average Bonchev–Trinajstić information content (AvgIpc) is 2.99. The third-order valence-corrected chi connectivity index (χ3v) is 7.27. The van der Waals surface area contributed by atoms with Gasteiger partial charge in [0.25, 0.3) is 10.0 Å². The van der Waals surface area contributed by atoms with Gasteiger partial charge in [0.15, 0.2) is 5.58 Å². The van der Waals surface area contributed by atoms with Crippen molar-refractivity contribution in [2.45, 2.75) is 28.5 Å². The minimum absolute atomic E-state index is 0.0259. The summed E-state index contributed by atoms with van der Waals surface area (Å²) in [6.45, 7) is 4.16. The van der Waals surface area contributed by atoms with E-state index >= 15 is 0 Å². The molecule has 0 aliphatic carbocycles. The Morgan fingerprint density at radius 1 is 0.900 bits per heavy atom. The van der Waals surface area contributed by atoms with E-state index in [9.17, 15) is 13.2 Å². The van der Waals surface area contributed by atoms with Crippen LogP contribution in [0.5, 0.6) is 0 Å². The number of hydrogen-bond donors (Lipinski definition) is 1. The minimum atomic E-state index is -3.82. The van der Waals surface area contributed by atoms with Crippen LogP contribution in [0.2, 0.25) is 0 Å². The van der Waals surface area contributed by atoms with Crippen LogP contribution in [0.4, 0.5) is 5.69 Å². The first-order valence-electron chi connectivity index (χ1n) is 9.20. The molecule has 0 amide bonds. The lowest BCUT2D eigenvalue weighted by atomic mass is 10.1. The number of nitrogens with one attached hydrogen (secondary N) is 1. The molecule has 1 N–H and O–H groups in total. The van der Waals surface area contributed by atoms with Gasteiger partial charge in [0.2, 0.25) is 0 Å². The summed E-state index contributed by atoms with van der Waals surface area (Å²) in [5.41, 5.74) is 3.69. The second-order valence-corrected chi connectivity index (χ2v) is 9.86. The monoisotopic (exact) mass is 440 g/mol. The predicted molar refractivity (Wildman–Crippen MR) is 119 cm³/mol. The molecule has 30 heavy (non-hydrogen) atoms. The van der Waals surface area contributed by atoms with E-state index in [1.807, 2.05) is 12.1 Å². The summed E-state index contributed by atoms with van der Waals surface area (Å²) >= 11 is 1.62. The van der Waals surface area contributed by atoms with Crippen molar-refractivity contribution in [3.8, 4) is 0 Å². The Morgan fingerprint density at radius 3 is 2.30 bits per heavy atom. The number of oxazole rings is 1. The second kappa shape index (κ2) is 7.70. The van der Waals surface area contributed by atoms with Gasteiger partial charge in [-0.05, 0) is 73.5 Å². The van der Waals surface area contributed by atoms with E-state index in [-0.39, 0.29) is 10.5 Å². The Morgan fingerprint density at radius 2 is 1.60 bits per heavy atom. The summed E-state index contributed by atoms with van der Waals surface area (Å²) in [5, 5.41) is 0. The Bertz CT molecular complexity index is 1400. The number of aryl methyl sites for hydroxylation is 3. The Hall–Kier alpha value is -2.97. The molecule has 0 atom stereocenters. The third-order valence-electron chi connectivity index (χ3n) is 4.89. The first kappa shape index (κ1) is 20.3. The Balaban J connectivity index is 1.53. The minimum Gasteiger partial charge on any atom is -0.408 e. The molecule has 0 saturated carbocycles. The molecule has 4 rings (SSSR count). The van der Waals surface area contributed by atoms with Crippen molar-refractivity contribution in [2.75, 3.05) is 4.72 Å². The summed E-state index contributed by atoms with van der Waals surface area (Å²) in [7, 11) is -2.25. The zero-order valence-corrected chi connectivity index (χ0v) is 18.3.